The number of hydrogen-bond acceptors (Lipinski definition) is 2. The van der Waals surface area contributed by atoms with Crippen LogP contribution in [0.4, 0.5) is 0 Å². The van der Waals surface area contributed by atoms with Crippen LogP contribution in [0.1, 0.15) is 38.5 Å². The molecule has 1 atom stereocenters. The average molecular weight is 185 g/mol. The molecule has 1 unspecified atom stereocenters. The number of nitrogens with zero attached hydrogens (tertiary/aromatic N) is 1. The van der Waals surface area contributed by atoms with Gasteiger partial charge in [-0.05, 0) is 51.7 Å². The lowest BCUT2D eigenvalue weighted by Crippen LogP contribution is -2.23. The molecule has 1 fully saturated rings. The van der Waals surface area contributed by atoms with Crippen molar-refractivity contribution < 1.29 is 5.11 Å². The number of aliphatic hydroxyl groups is 1. The maximum absolute atomic E-state index is 9.12. The second-order valence-corrected chi connectivity index (χ2v) is 4.34. The first-order chi connectivity index (χ1) is 6.33. The van der Waals surface area contributed by atoms with Crippen LogP contribution in [0.2, 0.25) is 0 Å². The minimum Gasteiger partial charge on any atom is -0.396 e. The van der Waals surface area contributed by atoms with Gasteiger partial charge < -0.3 is 10.0 Å². The first-order valence-corrected chi connectivity index (χ1v) is 5.62. The lowest BCUT2D eigenvalue weighted by molar-refractivity contribution is 0.193. The summed E-state index contributed by atoms with van der Waals surface area (Å²) >= 11 is 0. The monoisotopic (exact) mass is 185 g/mol. The van der Waals surface area contributed by atoms with Crippen molar-refractivity contribution in [1.29, 1.82) is 0 Å². The van der Waals surface area contributed by atoms with E-state index in [0.29, 0.717) is 12.5 Å². The molecule has 2 heteroatoms. The van der Waals surface area contributed by atoms with Crippen LogP contribution < -0.4 is 0 Å². The summed E-state index contributed by atoms with van der Waals surface area (Å²) in [6.07, 6.45) is 7.66. The Bertz CT molecular complexity index is 127. The van der Waals surface area contributed by atoms with Crippen molar-refractivity contribution in [3.8, 4) is 0 Å². The van der Waals surface area contributed by atoms with Gasteiger partial charge in [0.05, 0.1) is 0 Å². The maximum atomic E-state index is 9.12. The Kier molecular flexibility index (Phi) is 5.40. The second kappa shape index (κ2) is 6.39. The summed E-state index contributed by atoms with van der Waals surface area (Å²) in [7, 11) is 2.20. The summed E-state index contributed by atoms with van der Waals surface area (Å²) in [4.78, 5) is 2.42. The Morgan fingerprint density at radius 2 is 1.77 bits per heavy atom. The van der Waals surface area contributed by atoms with Gasteiger partial charge in [0.15, 0.2) is 0 Å². The van der Waals surface area contributed by atoms with Crippen LogP contribution in [0.15, 0.2) is 0 Å². The number of aliphatic hydroxyl groups excluding tert-OH is 1. The predicted molar refractivity (Wildman–Crippen MR) is 55.8 cm³/mol. The van der Waals surface area contributed by atoms with Gasteiger partial charge in [0.1, 0.15) is 0 Å². The van der Waals surface area contributed by atoms with E-state index in [1.165, 1.54) is 51.6 Å². The summed E-state index contributed by atoms with van der Waals surface area (Å²) in [5.74, 6) is 0.575. The molecule has 0 bridgehead atoms. The van der Waals surface area contributed by atoms with Crippen molar-refractivity contribution in [2.75, 3.05) is 26.7 Å². The Balaban J connectivity index is 2.25. The van der Waals surface area contributed by atoms with Crippen LogP contribution in [0.5, 0.6) is 0 Å². The van der Waals surface area contributed by atoms with Gasteiger partial charge in [-0.2, -0.15) is 0 Å². The molecule has 0 saturated carbocycles. The molecule has 0 aliphatic carbocycles. The van der Waals surface area contributed by atoms with Crippen molar-refractivity contribution in [3.63, 3.8) is 0 Å². The van der Waals surface area contributed by atoms with Gasteiger partial charge >= 0.3 is 0 Å². The van der Waals surface area contributed by atoms with Crippen LogP contribution >= 0.6 is 0 Å². The summed E-state index contributed by atoms with van der Waals surface area (Å²) in [5.41, 5.74) is 0. The quantitative estimate of drug-likeness (QED) is 0.674. The Morgan fingerprint density at radius 3 is 2.54 bits per heavy atom. The third-order valence-corrected chi connectivity index (χ3v) is 3.06. The molecular weight excluding hydrogens is 162 g/mol. The van der Waals surface area contributed by atoms with E-state index >= 15 is 0 Å². The molecule has 0 spiro atoms. The van der Waals surface area contributed by atoms with Crippen LogP contribution in [0.3, 0.4) is 0 Å². The smallest absolute Gasteiger partial charge is 0.0459 e. The minimum absolute atomic E-state index is 0.393. The lowest BCUT2D eigenvalue weighted by Gasteiger charge is -2.21. The van der Waals surface area contributed by atoms with E-state index in [1.807, 2.05) is 0 Å². The fourth-order valence-electron chi connectivity index (χ4n) is 2.08. The zero-order valence-corrected chi connectivity index (χ0v) is 8.84. The highest BCUT2D eigenvalue weighted by Gasteiger charge is 2.09. The van der Waals surface area contributed by atoms with E-state index < -0.39 is 0 Å². The lowest BCUT2D eigenvalue weighted by atomic mass is 9.96. The van der Waals surface area contributed by atoms with Gasteiger partial charge in [-0.25, -0.2) is 0 Å². The Hall–Kier alpha value is -0.0800. The van der Waals surface area contributed by atoms with Crippen molar-refractivity contribution in [3.05, 3.63) is 0 Å². The van der Waals surface area contributed by atoms with Crippen molar-refractivity contribution in [2.24, 2.45) is 5.92 Å². The van der Waals surface area contributed by atoms with Crippen LogP contribution in [-0.2, 0) is 0 Å². The third-order valence-electron chi connectivity index (χ3n) is 3.06. The molecule has 1 aliphatic heterocycles. The van der Waals surface area contributed by atoms with Crippen molar-refractivity contribution in [2.45, 2.75) is 38.5 Å². The molecule has 0 aromatic carbocycles. The molecular formula is C11H23NO. The SMILES string of the molecule is CN1CCCCCC(CO)CCC1. The summed E-state index contributed by atoms with van der Waals surface area (Å²) in [6, 6.07) is 0. The topological polar surface area (TPSA) is 23.5 Å². The maximum Gasteiger partial charge on any atom is 0.0459 e. The molecule has 0 aromatic rings. The fraction of sp³-hybridized carbons (Fsp3) is 1.00. The molecule has 2 nitrogen and oxygen atoms in total. The molecule has 1 saturated heterocycles. The molecule has 1 aliphatic rings. The van der Waals surface area contributed by atoms with Gasteiger partial charge in [-0.15, -0.1) is 0 Å². The Morgan fingerprint density at radius 1 is 1.08 bits per heavy atom. The molecule has 1 heterocycles. The molecule has 1 rings (SSSR count). The molecule has 0 aromatic heterocycles. The number of hydrogen-bond donors (Lipinski definition) is 1. The normalized spacial score (nSPS) is 28.6. The molecule has 1 N–H and O–H groups in total. The average Bonchev–Trinajstić information content (AvgIpc) is 2.15. The van der Waals surface area contributed by atoms with E-state index in [2.05, 4.69) is 11.9 Å². The highest BCUT2D eigenvalue weighted by atomic mass is 16.3. The van der Waals surface area contributed by atoms with Gasteiger partial charge in [0.25, 0.3) is 0 Å². The fourth-order valence-corrected chi connectivity index (χ4v) is 2.08. The van der Waals surface area contributed by atoms with Gasteiger partial charge in [0.2, 0.25) is 0 Å². The van der Waals surface area contributed by atoms with E-state index in [0.717, 1.165) is 0 Å². The standard InChI is InChI=1S/C11H23NO/c1-12-8-4-2-3-6-11(10-13)7-5-9-12/h11,13H,2-10H2,1H3. The third kappa shape index (κ3) is 4.63. The highest BCUT2D eigenvalue weighted by Crippen LogP contribution is 2.17. The summed E-state index contributed by atoms with van der Waals surface area (Å²) in [5, 5.41) is 9.12. The Labute approximate surface area is 81.9 Å². The second-order valence-electron chi connectivity index (χ2n) is 4.34. The highest BCUT2D eigenvalue weighted by molar-refractivity contribution is 4.63. The van der Waals surface area contributed by atoms with Gasteiger partial charge in [-0.1, -0.05) is 12.8 Å². The zero-order valence-electron chi connectivity index (χ0n) is 8.84. The molecule has 78 valence electrons. The largest absolute Gasteiger partial charge is 0.396 e. The van der Waals surface area contributed by atoms with Gasteiger partial charge in [-0.3, -0.25) is 0 Å². The summed E-state index contributed by atoms with van der Waals surface area (Å²) < 4.78 is 0. The zero-order chi connectivity index (χ0) is 9.52. The first kappa shape index (κ1) is 11.0. The molecule has 13 heavy (non-hydrogen) atoms. The predicted octanol–water partition coefficient (Wildman–Crippen LogP) is 1.88. The van der Waals surface area contributed by atoms with Crippen LogP contribution in [-0.4, -0.2) is 36.8 Å². The van der Waals surface area contributed by atoms with Crippen LogP contribution in [0.25, 0.3) is 0 Å². The molecule has 0 amide bonds. The number of rotatable bonds is 1. The van der Waals surface area contributed by atoms with E-state index in [1.54, 1.807) is 0 Å². The molecule has 0 radical (unpaired) electrons. The minimum atomic E-state index is 0.393. The summed E-state index contributed by atoms with van der Waals surface area (Å²) in [6.45, 7) is 2.85. The van der Waals surface area contributed by atoms with E-state index in [-0.39, 0.29) is 0 Å². The van der Waals surface area contributed by atoms with Crippen LogP contribution in [0, 0.1) is 5.92 Å². The van der Waals surface area contributed by atoms with Crippen molar-refractivity contribution in [1.82, 2.24) is 4.90 Å². The van der Waals surface area contributed by atoms with Gasteiger partial charge in [0, 0.05) is 6.61 Å². The van der Waals surface area contributed by atoms with Crippen molar-refractivity contribution >= 4 is 0 Å². The van der Waals surface area contributed by atoms with E-state index in [9.17, 15) is 0 Å². The first-order valence-electron chi connectivity index (χ1n) is 5.62. The van der Waals surface area contributed by atoms with E-state index in [4.69, 9.17) is 5.11 Å².